The third kappa shape index (κ3) is 6.21. The summed E-state index contributed by atoms with van der Waals surface area (Å²) in [7, 11) is -2.47. The van der Waals surface area contributed by atoms with Crippen molar-refractivity contribution in [3.63, 3.8) is 0 Å². The van der Waals surface area contributed by atoms with Gasteiger partial charge in [0.1, 0.15) is 5.75 Å². The molecular formula is C22H28N4O5S. The summed E-state index contributed by atoms with van der Waals surface area (Å²) in [6.45, 7) is 3.83. The molecule has 2 aromatic rings. The molecule has 9 nitrogen and oxygen atoms in total. The predicted octanol–water partition coefficient (Wildman–Crippen LogP) is 1.91. The lowest BCUT2D eigenvalue weighted by molar-refractivity contribution is 0.0951. The van der Waals surface area contributed by atoms with Crippen molar-refractivity contribution in [3.8, 4) is 5.75 Å². The molecule has 0 aliphatic carbocycles. The first-order valence-electron chi connectivity index (χ1n) is 10.4. The largest absolute Gasteiger partial charge is 0.496 e. The van der Waals surface area contributed by atoms with Gasteiger partial charge in [-0.15, -0.1) is 0 Å². The van der Waals surface area contributed by atoms with Crippen molar-refractivity contribution in [2.45, 2.75) is 24.7 Å². The van der Waals surface area contributed by atoms with Crippen LogP contribution in [0.3, 0.4) is 0 Å². The van der Waals surface area contributed by atoms with E-state index in [9.17, 15) is 18.0 Å². The van der Waals surface area contributed by atoms with E-state index < -0.39 is 16.1 Å². The molecule has 2 aromatic carbocycles. The molecule has 3 rings (SSSR count). The molecule has 3 N–H and O–H groups in total. The van der Waals surface area contributed by atoms with Gasteiger partial charge in [0.05, 0.1) is 17.6 Å². The standard InChI is InChI=1S/C22H28N4O5S/c1-16-12-14-26(15-16)24-22(28)25-32(29,30)18-9-7-17(8-10-18)11-13-23-21(27)19-5-3-4-6-20(19)31-2/h3-10,16H,11-15H2,1-2H3,(H,23,27)(H2,24,25,28). The van der Waals surface area contributed by atoms with Gasteiger partial charge in [-0.05, 0) is 48.6 Å². The molecule has 0 aromatic heterocycles. The average Bonchev–Trinajstić information content (AvgIpc) is 3.17. The van der Waals surface area contributed by atoms with Crippen molar-refractivity contribution in [2.75, 3.05) is 26.7 Å². The number of rotatable bonds is 8. The molecule has 3 amide bonds. The van der Waals surface area contributed by atoms with E-state index in [1.165, 1.54) is 19.2 Å². The lowest BCUT2D eigenvalue weighted by atomic mass is 10.1. The van der Waals surface area contributed by atoms with Gasteiger partial charge in [0.2, 0.25) is 0 Å². The van der Waals surface area contributed by atoms with Gasteiger partial charge in [-0.3, -0.25) is 10.2 Å². The van der Waals surface area contributed by atoms with E-state index in [-0.39, 0.29) is 10.8 Å². The Labute approximate surface area is 188 Å². The molecule has 0 saturated carbocycles. The molecule has 0 spiro atoms. The number of urea groups is 1. The lowest BCUT2D eigenvalue weighted by Gasteiger charge is -2.17. The summed E-state index contributed by atoms with van der Waals surface area (Å²) in [6.07, 6.45) is 1.47. The number of nitrogens with zero attached hydrogens (tertiary/aromatic N) is 1. The minimum atomic E-state index is -3.98. The van der Waals surface area contributed by atoms with Gasteiger partial charge in [0, 0.05) is 19.6 Å². The smallest absolute Gasteiger partial charge is 0.343 e. The normalized spacial score (nSPS) is 16.4. The number of carbonyl (C=O) groups excluding carboxylic acids is 2. The molecule has 1 aliphatic rings. The maximum Gasteiger partial charge on any atom is 0.343 e. The van der Waals surface area contributed by atoms with Crippen molar-refractivity contribution in [1.29, 1.82) is 0 Å². The molecule has 0 radical (unpaired) electrons. The van der Waals surface area contributed by atoms with Crippen LogP contribution in [-0.2, 0) is 16.4 Å². The Morgan fingerprint density at radius 1 is 1.12 bits per heavy atom. The van der Waals surface area contributed by atoms with E-state index in [0.29, 0.717) is 43.3 Å². The van der Waals surface area contributed by atoms with Crippen LogP contribution < -0.4 is 20.2 Å². The molecule has 10 heteroatoms. The number of hydrogen-bond acceptors (Lipinski definition) is 6. The second kappa shape index (κ2) is 10.5. The van der Waals surface area contributed by atoms with E-state index in [1.807, 2.05) is 4.72 Å². The number of para-hydroxylation sites is 1. The van der Waals surface area contributed by atoms with Crippen LogP contribution in [0.4, 0.5) is 4.79 Å². The molecule has 1 fully saturated rings. The number of amides is 3. The number of benzene rings is 2. The zero-order chi connectivity index (χ0) is 23.1. The Bertz CT molecular complexity index is 1060. The number of sulfonamides is 1. The zero-order valence-electron chi connectivity index (χ0n) is 18.1. The number of hydrogen-bond donors (Lipinski definition) is 3. The maximum atomic E-state index is 12.5. The van der Waals surface area contributed by atoms with Crippen LogP contribution in [0.15, 0.2) is 53.4 Å². The van der Waals surface area contributed by atoms with Crippen molar-refractivity contribution >= 4 is 22.0 Å². The Balaban J connectivity index is 1.50. The van der Waals surface area contributed by atoms with Gasteiger partial charge >= 0.3 is 6.03 Å². The van der Waals surface area contributed by atoms with Crippen molar-refractivity contribution in [1.82, 2.24) is 20.5 Å². The van der Waals surface area contributed by atoms with Gasteiger partial charge in [-0.25, -0.2) is 22.9 Å². The minimum absolute atomic E-state index is 0.00996. The molecule has 172 valence electrons. The number of hydrazine groups is 1. The highest BCUT2D eigenvalue weighted by atomic mass is 32.2. The third-order valence-corrected chi connectivity index (χ3v) is 6.54. The first kappa shape index (κ1) is 23.6. The zero-order valence-corrected chi connectivity index (χ0v) is 18.9. The van der Waals surface area contributed by atoms with Crippen LogP contribution in [0, 0.1) is 5.92 Å². The second-order valence-electron chi connectivity index (χ2n) is 7.74. The summed E-state index contributed by atoms with van der Waals surface area (Å²) in [4.78, 5) is 24.4. The van der Waals surface area contributed by atoms with Crippen LogP contribution in [0.1, 0.15) is 29.3 Å². The quantitative estimate of drug-likeness (QED) is 0.554. The summed E-state index contributed by atoms with van der Waals surface area (Å²) >= 11 is 0. The Kier molecular flexibility index (Phi) is 7.70. The molecule has 0 bridgehead atoms. The SMILES string of the molecule is COc1ccccc1C(=O)NCCc1ccc(S(=O)(=O)NC(=O)NN2CCC(C)C2)cc1. The van der Waals surface area contributed by atoms with Crippen molar-refractivity contribution in [2.24, 2.45) is 5.92 Å². The van der Waals surface area contributed by atoms with Gasteiger partial charge in [-0.1, -0.05) is 31.2 Å². The number of ether oxygens (including phenoxy) is 1. The Hall–Kier alpha value is -3.11. The fourth-order valence-corrected chi connectivity index (χ4v) is 4.37. The molecule has 1 saturated heterocycles. The summed E-state index contributed by atoms with van der Waals surface area (Å²) in [5.41, 5.74) is 3.86. The van der Waals surface area contributed by atoms with E-state index in [1.54, 1.807) is 41.4 Å². The fraction of sp³-hybridized carbons (Fsp3) is 0.364. The fourth-order valence-electron chi connectivity index (χ4n) is 3.47. The number of nitrogens with one attached hydrogen (secondary N) is 3. The van der Waals surface area contributed by atoms with Crippen LogP contribution >= 0.6 is 0 Å². The Morgan fingerprint density at radius 2 is 1.84 bits per heavy atom. The molecule has 1 unspecified atom stereocenters. The summed E-state index contributed by atoms with van der Waals surface area (Å²) in [5.74, 6) is 0.707. The summed E-state index contributed by atoms with van der Waals surface area (Å²) in [6, 6.07) is 12.4. The molecule has 1 aliphatic heterocycles. The second-order valence-corrected chi connectivity index (χ2v) is 9.42. The van der Waals surface area contributed by atoms with E-state index in [0.717, 1.165) is 12.0 Å². The van der Waals surface area contributed by atoms with Crippen LogP contribution in [0.2, 0.25) is 0 Å². The van der Waals surface area contributed by atoms with Crippen molar-refractivity contribution < 1.29 is 22.7 Å². The third-order valence-electron chi connectivity index (χ3n) is 5.20. The highest BCUT2D eigenvalue weighted by molar-refractivity contribution is 7.90. The number of carbonyl (C=O) groups is 2. The molecule has 32 heavy (non-hydrogen) atoms. The number of methoxy groups -OCH3 is 1. The molecule has 1 heterocycles. The van der Waals surface area contributed by atoms with E-state index >= 15 is 0 Å². The lowest BCUT2D eigenvalue weighted by Crippen LogP contribution is -2.47. The van der Waals surface area contributed by atoms with Crippen LogP contribution in [0.5, 0.6) is 5.75 Å². The monoisotopic (exact) mass is 460 g/mol. The minimum Gasteiger partial charge on any atom is -0.496 e. The first-order valence-corrected chi connectivity index (χ1v) is 11.9. The summed E-state index contributed by atoms with van der Waals surface area (Å²) < 4.78 is 32.1. The molecule has 1 atom stereocenters. The van der Waals surface area contributed by atoms with Crippen molar-refractivity contribution in [3.05, 3.63) is 59.7 Å². The summed E-state index contributed by atoms with van der Waals surface area (Å²) in [5, 5.41) is 4.53. The van der Waals surface area contributed by atoms with Crippen LogP contribution in [-0.4, -0.2) is 52.1 Å². The average molecular weight is 461 g/mol. The molecular weight excluding hydrogens is 432 g/mol. The van der Waals surface area contributed by atoms with Gasteiger partial charge in [-0.2, -0.15) is 0 Å². The first-order chi connectivity index (χ1) is 15.3. The Morgan fingerprint density at radius 3 is 2.50 bits per heavy atom. The predicted molar refractivity (Wildman–Crippen MR) is 120 cm³/mol. The van der Waals surface area contributed by atoms with Crippen LogP contribution in [0.25, 0.3) is 0 Å². The highest BCUT2D eigenvalue weighted by Gasteiger charge is 2.23. The van der Waals surface area contributed by atoms with Gasteiger partial charge in [0.25, 0.3) is 15.9 Å². The maximum absolute atomic E-state index is 12.5. The van der Waals surface area contributed by atoms with E-state index in [4.69, 9.17) is 4.74 Å². The van der Waals surface area contributed by atoms with E-state index in [2.05, 4.69) is 17.7 Å². The topological polar surface area (TPSA) is 117 Å². The highest BCUT2D eigenvalue weighted by Crippen LogP contribution is 2.17. The van der Waals surface area contributed by atoms with Gasteiger partial charge < -0.3 is 10.1 Å². The van der Waals surface area contributed by atoms with Gasteiger partial charge in [0.15, 0.2) is 0 Å².